The fourth-order valence-electron chi connectivity index (χ4n) is 1.90. The topological polar surface area (TPSA) is 70.1 Å². The highest BCUT2D eigenvalue weighted by atomic mass is 16.2. The van der Waals surface area contributed by atoms with Crippen LogP contribution in [-0.2, 0) is 4.79 Å². The SMILES string of the molecule is N#Cc1ccc(N2CC(CN)CC2=O)cc1. The second kappa shape index (κ2) is 4.33. The smallest absolute Gasteiger partial charge is 0.227 e. The highest BCUT2D eigenvalue weighted by Gasteiger charge is 2.29. The number of benzene rings is 1. The van der Waals surface area contributed by atoms with Gasteiger partial charge in [-0.25, -0.2) is 0 Å². The molecule has 0 saturated carbocycles. The van der Waals surface area contributed by atoms with Crippen LogP contribution in [0, 0.1) is 17.2 Å². The van der Waals surface area contributed by atoms with Gasteiger partial charge in [0.1, 0.15) is 0 Å². The predicted molar refractivity (Wildman–Crippen MR) is 60.7 cm³/mol. The van der Waals surface area contributed by atoms with Gasteiger partial charge in [0.05, 0.1) is 11.6 Å². The molecule has 0 radical (unpaired) electrons. The number of hydrogen-bond acceptors (Lipinski definition) is 3. The maximum absolute atomic E-state index is 11.7. The van der Waals surface area contributed by atoms with Crippen molar-refractivity contribution in [1.29, 1.82) is 5.26 Å². The number of rotatable bonds is 2. The molecule has 1 aromatic carbocycles. The number of nitriles is 1. The normalized spacial score (nSPS) is 19.9. The third kappa shape index (κ3) is 1.90. The van der Waals surface area contributed by atoms with Gasteiger partial charge in [0.15, 0.2) is 0 Å². The minimum atomic E-state index is 0.111. The number of nitrogens with zero attached hydrogens (tertiary/aromatic N) is 2. The Bertz CT molecular complexity index is 433. The first-order valence-corrected chi connectivity index (χ1v) is 5.25. The molecule has 4 nitrogen and oxygen atoms in total. The Labute approximate surface area is 94.3 Å². The first-order valence-electron chi connectivity index (χ1n) is 5.25. The van der Waals surface area contributed by atoms with E-state index in [9.17, 15) is 4.79 Å². The Balaban J connectivity index is 2.19. The maximum atomic E-state index is 11.7. The lowest BCUT2D eigenvalue weighted by Crippen LogP contribution is -2.25. The van der Waals surface area contributed by atoms with Crippen molar-refractivity contribution in [2.24, 2.45) is 11.7 Å². The number of nitrogens with two attached hydrogens (primary N) is 1. The average molecular weight is 215 g/mol. The van der Waals surface area contributed by atoms with Crippen LogP contribution in [0.2, 0.25) is 0 Å². The minimum Gasteiger partial charge on any atom is -0.330 e. The van der Waals surface area contributed by atoms with Gasteiger partial charge in [-0.2, -0.15) is 5.26 Å². The van der Waals surface area contributed by atoms with Crippen LogP contribution in [-0.4, -0.2) is 19.0 Å². The van der Waals surface area contributed by atoms with Crippen LogP contribution in [0.5, 0.6) is 0 Å². The second-order valence-corrected chi connectivity index (χ2v) is 3.97. The summed E-state index contributed by atoms with van der Waals surface area (Å²) < 4.78 is 0. The lowest BCUT2D eigenvalue weighted by Gasteiger charge is -2.16. The molecule has 1 aliphatic rings. The Morgan fingerprint density at radius 3 is 2.62 bits per heavy atom. The fraction of sp³-hybridized carbons (Fsp3) is 0.333. The van der Waals surface area contributed by atoms with Crippen LogP contribution in [0.4, 0.5) is 5.69 Å². The number of hydrogen-bond donors (Lipinski definition) is 1. The van der Waals surface area contributed by atoms with Crippen LogP contribution in [0.25, 0.3) is 0 Å². The first kappa shape index (κ1) is 10.7. The molecule has 0 bridgehead atoms. The second-order valence-electron chi connectivity index (χ2n) is 3.97. The Hall–Kier alpha value is -1.86. The van der Waals surface area contributed by atoms with Crippen molar-refractivity contribution >= 4 is 11.6 Å². The molecule has 2 rings (SSSR count). The molecule has 1 heterocycles. The van der Waals surface area contributed by atoms with Crippen LogP contribution in [0.3, 0.4) is 0 Å². The number of amides is 1. The molecule has 0 aromatic heterocycles. The summed E-state index contributed by atoms with van der Waals surface area (Å²) in [4.78, 5) is 13.4. The molecule has 0 spiro atoms. The zero-order valence-corrected chi connectivity index (χ0v) is 8.89. The average Bonchev–Trinajstić information content (AvgIpc) is 2.71. The number of carbonyl (C=O) groups is 1. The molecule has 1 saturated heterocycles. The van der Waals surface area contributed by atoms with Gasteiger partial charge in [-0.15, -0.1) is 0 Å². The van der Waals surface area contributed by atoms with E-state index in [0.717, 1.165) is 5.69 Å². The van der Waals surface area contributed by atoms with E-state index in [4.69, 9.17) is 11.0 Å². The lowest BCUT2D eigenvalue weighted by molar-refractivity contribution is -0.117. The molecule has 1 fully saturated rings. The molecule has 1 aliphatic heterocycles. The van der Waals surface area contributed by atoms with E-state index < -0.39 is 0 Å². The first-order chi connectivity index (χ1) is 7.74. The van der Waals surface area contributed by atoms with Gasteiger partial charge < -0.3 is 10.6 Å². The Morgan fingerprint density at radius 2 is 2.12 bits per heavy atom. The van der Waals surface area contributed by atoms with Gasteiger partial charge in [-0.1, -0.05) is 0 Å². The van der Waals surface area contributed by atoms with E-state index in [1.165, 1.54) is 0 Å². The van der Waals surface area contributed by atoms with Gasteiger partial charge in [0.25, 0.3) is 0 Å². The summed E-state index contributed by atoms with van der Waals surface area (Å²) in [6, 6.07) is 9.10. The van der Waals surface area contributed by atoms with E-state index in [-0.39, 0.29) is 11.8 Å². The fourth-order valence-corrected chi connectivity index (χ4v) is 1.90. The van der Waals surface area contributed by atoms with Crippen molar-refractivity contribution in [1.82, 2.24) is 0 Å². The third-order valence-corrected chi connectivity index (χ3v) is 2.85. The number of carbonyl (C=O) groups excluding carboxylic acids is 1. The van der Waals surface area contributed by atoms with E-state index in [0.29, 0.717) is 25.1 Å². The van der Waals surface area contributed by atoms with E-state index in [2.05, 4.69) is 6.07 Å². The molecule has 1 unspecified atom stereocenters. The monoisotopic (exact) mass is 215 g/mol. The maximum Gasteiger partial charge on any atom is 0.227 e. The van der Waals surface area contributed by atoms with Gasteiger partial charge >= 0.3 is 0 Å². The summed E-state index contributed by atoms with van der Waals surface area (Å²) in [6.45, 7) is 1.22. The molecule has 82 valence electrons. The molecular weight excluding hydrogens is 202 g/mol. The van der Waals surface area contributed by atoms with E-state index in [1.54, 1.807) is 29.2 Å². The quantitative estimate of drug-likeness (QED) is 0.795. The van der Waals surface area contributed by atoms with E-state index in [1.807, 2.05) is 0 Å². The van der Waals surface area contributed by atoms with Crippen molar-refractivity contribution in [3.05, 3.63) is 29.8 Å². The molecule has 16 heavy (non-hydrogen) atoms. The Kier molecular flexibility index (Phi) is 2.88. The summed E-state index contributed by atoms with van der Waals surface area (Å²) >= 11 is 0. The largest absolute Gasteiger partial charge is 0.330 e. The molecule has 1 aromatic rings. The summed E-state index contributed by atoms with van der Waals surface area (Å²) in [5.41, 5.74) is 7.01. The predicted octanol–water partition coefficient (Wildman–Crippen LogP) is 0.870. The van der Waals surface area contributed by atoms with Crippen LogP contribution >= 0.6 is 0 Å². The summed E-state index contributed by atoms with van der Waals surface area (Å²) in [6.07, 6.45) is 0.524. The molecule has 1 amide bonds. The van der Waals surface area contributed by atoms with Gasteiger partial charge in [0.2, 0.25) is 5.91 Å². The van der Waals surface area contributed by atoms with Crippen molar-refractivity contribution in [3.8, 4) is 6.07 Å². The Morgan fingerprint density at radius 1 is 1.44 bits per heavy atom. The van der Waals surface area contributed by atoms with Crippen LogP contribution < -0.4 is 10.6 Å². The standard InChI is InChI=1S/C12H13N3O/c13-6-9-1-3-11(4-2-9)15-8-10(7-14)5-12(15)16/h1-4,10H,5,7-8,14H2. The van der Waals surface area contributed by atoms with Gasteiger partial charge in [-0.3, -0.25) is 4.79 Å². The van der Waals surface area contributed by atoms with Gasteiger partial charge in [-0.05, 0) is 36.7 Å². The lowest BCUT2D eigenvalue weighted by atomic mass is 10.1. The molecule has 2 N–H and O–H groups in total. The molecule has 1 atom stereocenters. The third-order valence-electron chi connectivity index (χ3n) is 2.85. The molecule has 4 heteroatoms. The molecule has 0 aliphatic carbocycles. The van der Waals surface area contributed by atoms with Crippen LogP contribution in [0.1, 0.15) is 12.0 Å². The van der Waals surface area contributed by atoms with E-state index >= 15 is 0 Å². The van der Waals surface area contributed by atoms with Crippen molar-refractivity contribution in [3.63, 3.8) is 0 Å². The summed E-state index contributed by atoms with van der Waals surface area (Å²) in [7, 11) is 0. The highest BCUT2D eigenvalue weighted by molar-refractivity contribution is 5.95. The van der Waals surface area contributed by atoms with Crippen LogP contribution in [0.15, 0.2) is 24.3 Å². The van der Waals surface area contributed by atoms with Crippen molar-refractivity contribution in [2.45, 2.75) is 6.42 Å². The minimum absolute atomic E-state index is 0.111. The van der Waals surface area contributed by atoms with Crippen molar-refractivity contribution < 1.29 is 4.79 Å². The zero-order chi connectivity index (χ0) is 11.5. The summed E-state index contributed by atoms with van der Waals surface area (Å²) in [5, 5.41) is 8.68. The highest BCUT2D eigenvalue weighted by Crippen LogP contribution is 2.24. The number of anilines is 1. The van der Waals surface area contributed by atoms with Gasteiger partial charge in [0, 0.05) is 18.7 Å². The molecular formula is C12H13N3O. The summed E-state index contributed by atoms with van der Waals surface area (Å²) in [5.74, 6) is 0.364. The van der Waals surface area contributed by atoms with Crippen molar-refractivity contribution in [2.75, 3.05) is 18.0 Å². The zero-order valence-electron chi connectivity index (χ0n) is 8.89.